The van der Waals surface area contributed by atoms with E-state index in [4.69, 9.17) is 21.1 Å². The minimum Gasteiger partial charge on any atom is -0.472 e. The molecule has 98 valence electrons. The van der Waals surface area contributed by atoms with Gasteiger partial charge >= 0.3 is 0 Å². The third-order valence-electron chi connectivity index (χ3n) is 2.61. The van der Waals surface area contributed by atoms with Crippen molar-refractivity contribution >= 4 is 23.2 Å². The molecule has 1 aliphatic rings. The van der Waals surface area contributed by atoms with Crippen LogP contribution in [0.15, 0.2) is 12.1 Å². The van der Waals surface area contributed by atoms with Gasteiger partial charge in [0.15, 0.2) is 6.73 Å². The highest BCUT2D eigenvalue weighted by Crippen LogP contribution is 2.32. The van der Waals surface area contributed by atoms with Crippen molar-refractivity contribution in [1.29, 1.82) is 0 Å². The van der Waals surface area contributed by atoms with E-state index in [2.05, 4.69) is 10.6 Å². The molecule has 1 aromatic rings. The van der Waals surface area contributed by atoms with Crippen molar-refractivity contribution in [3.8, 4) is 5.75 Å². The highest BCUT2D eigenvalue weighted by atomic mass is 35.5. The van der Waals surface area contributed by atoms with Crippen molar-refractivity contribution < 1.29 is 14.3 Å². The molecule has 5 nitrogen and oxygen atoms in total. The van der Waals surface area contributed by atoms with Crippen molar-refractivity contribution in [2.75, 3.05) is 32.3 Å². The maximum atomic E-state index is 11.6. The average Bonchev–Trinajstić information content (AvgIpc) is 2.36. The third-order valence-corrected chi connectivity index (χ3v) is 2.93. The van der Waals surface area contributed by atoms with Crippen molar-refractivity contribution in [2.24, 2.45) is 0 Å². The Kier molecular flexibility index (Phi) is 4.28. The molecule has 6 heteroatoms. The minimum atomic E-state index is -0.163. The lowest BCUT2D eigenvalue weighted by Gasteiger charge is -2.19. The summed E-state index contributed by atoms with van der Waals surface area (Å²) in [7, 11) is 1.67. The van der Waals surface area contributed by atoms with Crippen LogP contribution in [-0.2, 0) is 4.74 Å². The molecule has 0 fully saturated rings. The summed E-state index contributed by atoms with van der Waals surface area (Å²) in [4.78, 5) is 11.6. The van der Waals surface area contributed by atoms with E-state index in [9.17, 15) is 4.79 Å². The number of halogens is 1. The standard InChI is InChI=1S/C12H15ClN2O3/c1-17-4-2-3-14-10-6-11-8(5-9(10)13)12(16)15-7-18-11/h5-6,14H,2-4,7H2,1H3,(H,15,16). The first kappa shape index (κ1) is 13.0. The second-order valence-electron chi connectivity index (χ2n) is 3.90. The van der Waals surface area contributed by atoms with Gasteiger partial charge in [-0.1, -0.05) is 11.6 Å². The van der Waals surface area contributed by atoms with Crippen LogP contribution in [0.4, 0.5) is 5.69 Å². The molecule has 0 aromatic heterocycles. The predicted molar refractivity (Wildman–Crippen MR) is 69.4 cm³/mol. The maximum Gasteiger partial charge on any atom is 0.257 e. The summed E-state index contributed by atoms with van der Waals surface area (Å²) in [5.41, 5.74) is 1.23. The first-order valence-electron chi connectivity index (χ1n) is 5.69. The van der Waals surface area contributed by atoms with Gasteiger partial charge in [0.1, 0.15) is 5.75 Å². The Balaban J connectivity index is 2.10. The normalized spacial score (nSPS) is 13.6. The molecular weight excluding hydrogens is 256 g/mol. The first-order valence-corrected chi connectivity index (χ1v) is 6.07. The molecule has 0 radical (unpaired) electrons. The number of nitrogens with one attached hydrogen (secondary N) is 2. The molecule has 1 amide bonds. The topological polar surface area (TPSA) is 59.6 Å². The van der Waals surface area contributed by atoms with E-state index in [-0.39, 0.29) is 12.6 Å². The number of rotatable bonds is 5. The maximum absolute atomic E-state index is 11.6. The minimum absolute atomic E-state index is 0.163. The monoisotopic (exact) mass is 270 g/mol. The fourth-order valence-electron chi connectivity index (χ4n) is 1.70. The van der Waals surface area contributed by atoms with Crippen LogP contribution in [0.5, 0.6) is 5.75 Å². The molecule has 0 atom stereocenters. The number of anilines is 1. The Morgan fingerprint density at radius 2 is 2.39 bits per heavy atom. The fourth-order valence-corrected chi connectivity index (χ4v) is 1.93. The van der Waals surface area contributed by atoms with E-state index in [0.717, 1.165) is 18.7 Å². The lowest BCUT2D eigenvalue weighted by molar-refractivity contribution is 0.0883. The summed E-state index contributed by atoms with van der Waals surface area (Å²) in [5.74, 6) is 0.390. The van der Waals surface area contributed by atoms with E-state index in [1.165, 1.54) is 0 Å². The number of benzene rings is 1. The third kappa shape index (κ3) is 2.86. The van der Waals surface area contributed by atoms with Crippen LogP contribution in [0.25, 0.3) is 0 Å². The van der Waals surface area contributed by atoms with Crippen LogP contribution < -0.4 is 15.4 Å². The Bertz CT molecular complexity index is 451. The average molecular weight is 271 g/mol. The molecule has 2 N–H and O–H groups in total. The second kappa shape index (κ2) is 5.93. The highest BCUT2D eigenvalue weighted by Gasteiger charge is 2.19. The van der Waals surface area contributed by atoms with Gasteiger partial charge in [0, 0.05) is 26.3 Å². The van der Waals surface area contributed by atoms with Gasteiger partial charge in [0.05, 0.1) is 16.3 Å². The summed E-state index contributed by atoms with van der Waals surface area (Å²) in [6.07, 6.45) is 0.880. The van der Waals surface area contributed by atoms with E-state index in [1.807, 2.05) is 0 Å². The highest BCUT2D eigenvalue weighted by molar-refractivity contribution is 6.33. The van der Waals surface area contributed by atoms with Crippen LogP contribution in [0.3, 0.4) is 0 Å². The zero-order valence-corrected chi connectivity index (χ0v) is 10.8. The molecule has 18 heavy (non-hydrogen) atoms. The number of hydrogen-bond acceptors (Lipinski definition) is 4. The predicted octanol–water partition coefficient (Wildman–Crippen LogP) is 1.87. The zero-order chi connectivity index (χ0) is 13.0. The smallest absolute Gasteiger partial charge is 0.257 e. The molecule has 0 saturated heterocycles. The van der Waals surface area contributed by atoms with Gasteiger partial charge in [0.2, 0.25) is 0 Å². The van der Waals surface area contributed by atoms with Crippen molar-refractivity contribution in [3.05, 3.63) is 22.7 Å². The number of carbonyl (C=O) groups excluding carboxylic acids is 1. The van der Waals surface area contributed by atoms with Gasteiger partial charge in [-0.25, -0.2) is 0 Å². The van der Waals surface area contributed by atoms with E-state index < -0.39 is 0 Å². The molecule has 1 heterocycles. The van der Waals surface area contributed by atoms with E-state index >= 15 is 0 Å². The van der Waals surface area contributed by atoms with Crippen LogP contribution in [-0.4, -0.2) is 32.9 Å². The molecule has 1 aliphatic heterocycles. The van der Waals surface area contributed by atoms with E-state index in [1.54, 1.807) is 19.2 Å². The Morgan fingerprint density at radius 1 is 1.56 bits per heavy atom. The molecule has 0 saturated carbocycles. The zero-order valence-electron chi connectivity index (χ0n) is 10.1. The Labute approximate surface area is 110 Å². The largest absolute Gasteiger partial charge is 0.472 e. The van der Waals surface area contributed by atoms with E-state index in [0.29, 0.717) is 22.9 Å². The number of carbonyl (C=O) groups is 1. The summed E-state index contributed by atoms with van der Waals surface area (Å²) in [5, 5.41) is 6.28. The molecule has 0 aliphatic carbocycles. The van der Waals surface area contributed by atoms with Gasteiger partial charge in [-0.05, 0) is 12.5 Å². The van der Waals surface area contributed by atoms with Gasteiger partial charge in [0.25, 0.3) is 5.91 Å². The lowest BCUT2D eigenvalue weighted by atomic mass is 10.1. The molecular formula is C12H15ClN2O3. The SMILES string of the molecule is COCCCNc1cc2c(cc1Cl)C(=O)NCO2. The van der Waals surface area contributed by atoms with Crippen LogP contribution >= 0.6 is 11.6 Å². The summed E-state index contributed by atoms with van der Waals surface area (Å²) in [6.45, 7) is 1.63. The first-order chi connectivity index (χ1) is 8.72. The van der Waals surface area contributed by atoms with Crippen molar-refractivity contribution in [2.45, 2.75) is 6.42 Å². The molecule has 1 aromatic carbocycles. The van der Waals surface area contributed by atoms with Crippen LogP contribution in [0.1, 0.15) is 16.8 Å². The molecule has 0 spiro atoms. The summed E-state index contributed by atoms with van der Waals surface area (Å²) in [6, 6.07) is 3.37. The lowest BCUT2D eigenvalue weighted by Crippen LogP contribution is -2.33. The summed E-state index contributed by atoms with van der Waals surface area (Å²) < 4.78 is 10.3. The van der Waals surface area contributed by atoms with Crippen molar-refractivity contribution in [1.82, 2.24) is 5.32 Å². The number of hydrogen-bond donors (Lipinski definition) is 2. The molecule has 0 bridgehead atoms. The number of fused-ring (bicyclic) bond motifs is 1. The number of methoxy groups -OCH3 is 1. The van der Waals surface area contributed by atoms with Crippen LogP contribution in [0, 0.1) is 0 Å². The quantitative estimate of drug-likeness (QED) is 0.802. The molecule has 0 unspecified atom stereocenters. The number of amides is 1. The Hall–Kier alpha value is -1.46. The van der Waals surface area contributed by atoms with Gasteiger partial charge in [-0.15, -0.1) is 0 Å². The van der Waals surface area contributed by atoms with Crippen molar-refractivity contribution in [3.63, 3.8) is 0 Å². The number of ether oxygens (including phenoxy) is 2. The van der Waals surface area contributed by atoms with Crippen LogP contribution in [0.2, 0.25) is 5.02 Å². The van der Waals surface area contributed by atoms with Gasteiger partial charge in [-0.3, -0.25) is 4.79 Å². The molecule has 2 rings (SSSR count). The Morgan fingerprint density at radius 3 is 3.17 bits per heavy atom. The van der Waals surface area contributed by atoms with Gasteiger partial charge < -0.3 is 20.1 Å². The van der Waals surface area contributed by atoms with Gasteiger partial charge in [-0.2, -0.15) is 0 Å². The summed E-state index contributed by atoms with van der Waals surface area (Å²) >= 11 is 6.11. The second-order valence-corrected chi connectivity index (χ2v) is 4.30. The fraction of sp³-hybridized carbons (Fsp3) is 0.417.